The molecule has 1 unspecified atom stereocenters. The molecule has 1 aromatic heterocycles. The molecule has 3 nitrogen and oxygen atoms in total. The first-order valence-electron chi connectivity index (χ1n) is 4.57. The minimum absolute atomic E-state index is 0.312. The Morgan fingerprint density at radius 3 is 2.73 bits per heavy atom. The predicted molar refractivity (Wildman–Crippen MR) is 59.4 cm³/mol. The molecule has 0 saturated carbocycles. The molecule has 0 aliphatic heterocycles. The van der Waals surface area contributed by atoms with Gasteiger partial charge in [0.05, 0.1) is 5.92 Å². The van der Waals surface area contributed by atoms with Crippen LogP contribution in [0.5, 0.6) is 0 Å². The maximum Gasteiger partial charge on any atom is 0.306 e. The molecule has 1 heterocycles. The average Bonchev–Trinajstić information content (AvgIpc) is 2.16. The van der Waals surface area contributed by atoms with Gasteiger partial charge in [0.1, 0.15) is 5.15 Å². The number of carboxylic acids is 1. The second-order valence-corrected chi connectivity index (χ2v) is 4.04. The lowest BCUT2D eigenvalue weighted by molar-refractivity contribution is -0.141. The van der Waals surface area contributed by atoms with E-state index in [1.165, 1.54) is 12.3 Å². The van der Waals surface area contributed by atoms with Crippen LogP contribution in [0, 0.1) is 5.92 Å². The first-order valence-corrected chi connectivity index (χ1v) is 5.33. The molecule has 0 bridgehead atoms. The van der Waals surface area contributed by atoms with Crippen molar-refractivity contribution in [2.24, 2.45) is 5.92 Å². The molecule has 5 heteroatoms. The van der Waals surface area contributed by atoms with Crippen molar-refractivity contribution in [1.82, 2.24) is 4.98 Å². The Labute approximate surface area is 98.0 Å². The quantitative estimate of drug-likeness (QED) is 0.833. The molecule has 0 aromatic carbocycles. The summed E-state index contributed by atoms with van der Waals surface area (Å²) in [5, 5.41) is 9.67. The zero-order valence-electron chi connectivity index (χ0n) is 8.20. The van der Waals surface area contributed by atoms with Crippen molar-refractivity contribution in [3.05, 3.63) is 28.0 Å². The molecule has 0 spiro atoms. The first kappa shape index (κ1) is 12.3. The Kier molecular flexibility index (Phi) is 4.36. The second-order valence-electron chi connectivity index (χ2n) is 3.25. The molecular formula is C10H11Cl2NO2. The van der Waals surface area contributed by atoms with Crippen LogP contribution in [-0.2, 0) is 11.2 Å². The van der Waals surface area contributed by atoms with Crippen molar-refractivity contribution < 1.29 is 9.90 Å². The van der Waals surface area contributed by atoms with Gasteiger partial charge in [-0.3, -0.25) is 4.79 Å². The summed E-state index contributed by atoms with van der Waals surface area (Å²) in [5.74, 6) is -1.24. The number of carbonyl (C=O) groups is 1. The highest BCUT2D eigenvalue weighted by atomic mass is 35.5. The van der Waals surface area contributed by atoms with Crippen LogP contribution in [0.4, 0.5) is 0 Å². The molecule has 1 N–H and O–H groups in total. The summed E-state index contributed by atoms with van der Waals surface area (Å²) in [6, 6.07) is 1.52. The van der Waals surface area contributed by atoms with Gasteiger partial charge in [0, 0.05) is 11.2 Å². The van der Waals surface area contributed by atoms with E-state index in [2.05, 4.69) is 4.98 Å². The minimum Gasteiger partial charge on any atom is -0.481 e. The van der Waals surface area contributed by atoms with E-state index in [0.29, 0.717) is 23.0 Å². The molecule has 1 atom stereocenters. The lowest BCUT2D eigenvalue weighted by Gasteiger charge is -2.10. The number of hydrogen-bond donors (Lipinski definition) is 1. The van der Waals surface area contributed by atoms with Crippen LogP contribution >= 0.6 is 23.2 Å². The van der Waals surface area contributed by atoms with E-state index in [0.717, 1.165) is 5.56 Å². The molecule has 0 amide bonds. The van der Waals surface area contributed by atoms with Crippen LogP contribution in [0.15, 0.2) is 12.3 Å². The van der Waals surface area contributed by atoms with E-state index in [1.807, 2.05) is 6.92 Å². The molecule has 1 aromatic rings. The highest BCUT2D eigenvalue weighted by Gasteiger charge is 2.17. The SMILES string of the molecule is CCC(Cc1cnc(Cl)cc1Cl)C(=O)O. The van der Waals surface area contributed by atoms with E-state index in [1.54, 1.807) is 0 Å². The fourth-order valence-electron chi connectivity index (χ4n) is 1.26. The fourth-order valence-corrected chi connectivity index (χ4v) is 1.70. The Bertz CT molecular complexity index is 368. The smallest absolute Gasteiger partial charge is 0.306 e. The van der Waals surface area contributed by atoms with Gasteiger partial charge in [0.2, 0.25) is 0 Å². The molecule has 0 radical (unpaired) electrons. The van der Waals surface area contributed by atoms with Crippen LogP contribution in [-0.4, -0.2) is 16.1 Å². The number of rotatable bonds is 4. The van der Waals surface area contributed by atoms with Gasteiger partial charge in [0.15, 0.2) is 0 Å². The highest BCUT2D eigenvalue weighted by Crippen LogP contribution is 2.22. The molecule has 0 saturated heterocycles. The van der Waals surface area contributed by atoms with Crippen molar-refractivity contribution in [2.45, 2.75) is 19.8 Å². The molecule has 1 rings (SSSR count). The molecular weight excluding hydrogens is 237 g/mol. The molecule has 82 valence electrons. The Balaban J connectivity index is 2.84. The fraction of sp³-hybridized carbons (Fsp3) is 0.400. The van der Waals surface area contributed by atoms with E-state index < -0.39 is 11.9 Å². The van der Waals surface area contributed by atoms with Gasteiger partial charge in [-0.15, -0.1) is 0 Å². The van der Waals surface area contributed by atoms with Crippen LogP contribution in [0.3, 0.4) is 0 Å². The molecule has 0 aliphatic carbocycles. The molecule has 0 aliphatic rings. The number of carboxylic acid groups (broad SMARTS) is 1. The number of aromatic nitrogens is 1. The summed E-state index contributed by atoms with van der Waals surface area (Å²) in [6.07, 6.45) is 2.47. The molecule has 15 heavy (non-hydrogen) atoms. The number of nitrogens with zero attached hydrogens (tertiary/aromatic N) is 1. The third kappa shape index (κ3) is 3.36. The van der Waals surface area contributed by atoms with Crippen molar-refractivity contribution in [3.63, 3.8) is 0 Å². The van der Waals surface area contributed by atoms with Crippen molar-refractivity contribution >= 4 is 29.2 Å². The van der Waals surface area contributed by atoms with Crippen molar-refractivity contribution in [1.29, 1.82) is 0 Å². The zero-order chi connectivity index (χ0) is 11.4. The Morgan fingerprint density at radius 2 is 2.27 bits per heavy atom. The monoisotopic (exact) mass is 247 g/mol. The normalized spacial score (nSPS) is 12.5. The van der Waals surface area contributed by atoms with Gasteiger partial charge < -0.3 is 5.11 Å². The standard InChI is InChI=1S/C10H11Cl2NO2/c1-2-6(10(14)15)3-7-5-13-9(12)4-8(7)11/h4-6H,2-3H2,1H3,(H,14,15). The number of pyridine rings is 1. The number of aliphatic carboxylic acids is 1. The van der Waals surface area contributed by atoms with Crippen LogP contribution in [0.1, 0.15) is 18.9 Å². The van der Waals surface area contributed by atoms with Gasteiger partial charge in [-0.05, 0) is 24.5 Å². The van der Waals surface area contributed by atoms with Crippen LogP contribution in [0.25, 0.3) is 0 Å². The molecule has 0 fully saturated rings. The third-order valence-electron chi connectivity index (χ3n) is 2.20. The number of hydrogen-bond acceptors (Lipinski definition) is 2. The van der Waals surface area contributed by atoms with Crippen LogP contribution in [0.2, 0.25) is 10.2 Å². The maximum absolute atomic E-state index is 10.8. The number of halogens is 2. The lowest BCUT2D eigenvalue weighted by Crippen LogP contribution is -2.15. The van der Waals surface area contributed by atoms with Crippen molar-refractivity contribution in [3.8, 4) is 0 Å². The minimum atomic E-state index is -0.816. The van der Waals surface area contributed by atoms with Gasteiger partial charge in [-0.2, -0.15) is 0 Å². The lowest BCUT2D eigenvalue weighted by atomic mass is 9.98. The van der Waals surface area contributed by atoms with E-state index in [4.69, 9.17) is 28.3 Å². The Hall–Kier alpha value is -0.800. The summed E-state index contributed by atoms with van der Waals surface area (Å²) in [4.78, 5) is 14.7. The van der Waals surface area contributed by atoms with Gasteiger partial charge in [-0.1, -0.05) is 30.1 Å². The first-order chi connectivity index (χ1) is 7.04. The average molecular weight is 248 g/mol. The summed E-state index contributed by atoms with van der Waals surface area (Å²) in [6.45, 7) is 1.83. The highest BCUT2D eigenvalue weighted by molar-refractivity contribution is 6.34. The van der Waals surface area contributed by atoms with E-state index in [9.17, 15) is 4.79 Å². The zero-order valence-corrected chi connectivity index (χ0v) is 9.72. The van der Waals surface area contributed by atoms with Crippen LogP contribution < -0.4 is 0 Å². The van der Waals surface area contributed by atoms with Gasteiger partial charge >= 0.3 is 5.97 Å². The second kappa shape index (κ2) is 5.33. The topological polar surface area (TPSA) is 50.2 Å². The maximum atomic E-state index is 10.8. The van der Waals surface area contributed by atoms with Gasteiger partial charge in [-0.25, -0.2) is 4.98 Å². The van der Waals surface area contributed by atoms with E-state index in [-0.39, 0.29) is 0 Å². The summed E-state index contributed by atoms with van der Waals surface area (Å²) < 4.78 is 0. The van der Waals surface area contributed by atoms with E-state index >= 15 is 0 Å². The van der Waals surface area contributed by atoms with Crippen molar-refractivity contribution in [2.75, 3.05) is 0 Å². The van der Waals surface area contributed by atoms with Gasteiger partial charge in [0.25, 0.3) is 0 Å². The summed E-state index contributed by atoms with van der Waals surface area (Å²) in [5.41, 5.74) is 0.718. The summed E-state index contributed by atoms with van der Waals surface area (Å²) in [7, 11) is 0. The Morgan fingerprint density at radius 1 is 1.60 bits per heavy atom. The predicted octanol–water partition coefficient (Wildman–Crippen LogP) is 3.04. The third-order valence-corrected chi connectivity index (χ3v) is 2.76. The summed E-state index contributed by atoms with van der Waals surface area (Å²) >= 11 is 11.6. The largest absolute Gasteiger partial charge is 0.481 e.